The number of nitrogens with one attached hydrogen (secondary N) is 3. The topological polar surface area (TPSA) is 172 Å². The van der Waals surface area contributed by atoms with E-state index in [9.17, 15) is 19.2 Å². The minimum Gasteiger partial charge on any atom is -0.461 e. The summed E-state index contributed by atoms with van der Waals surface area (Å²) in [5.41, 5.74) is 1.57. The fourth-order valence-electron chi connectivity index (χ4n) is 4.60. The van der Waals surface area contributed by atoms with Crippen LogP contribution < -0.4 is 15.5 Å². The van der Waals surface area contributed by atoms with Crippen LogP contribution >= 0.6 is 0 Å². The third-order valence-corrected chi connectivity index (χ3v) is 6.85. The van der Waals surface area contributed by atoms with Crippen LogP contribution in [0.15, 0.2) is 48.7 Å². The average Bonchev–Trinajstić information content (AvgIpc) is 3.46. The molecule has 0 unspecified atom stereocenters. The summed E-state index contributed by atoms with van der Waals surface area (Å²) in [6.07, 6.45) is 3.97. The van der Waals surface area contributed by atoms with Crippen LogP contribution in [-0.4, -0.2) is 61.4 Å². The molecule has 0 bridgehead atoms. The molecule has 5 rings (SSSR count). The number of tetrazole rings is 1. The third-order valence-electron chi connectivity index (χ3n) is 6.85. The predicted octanol–water partition coefficient (Wildman–Crippen LogP) is 0.977. The van der Waals surface area contributed by atoms with Crippen molar-refractivity contribution in [1.82, 2.24) is 36.2 Å². The molecule has 3 amide bonds. The van der Waals surface area contributed by atoms with E-state index in [2.05, 4.69) is 36.2 Å². The Balaban J connectivity index is 1.29. The summed E-state index contributed by atoms with van der Waals surface area (Å²) in [6.45, 7) is 0.130. The number of hydrogen-bond donors (Lipinski definition) is 3. The van der Waals surface area contributed by atoms with Crippen molar-refractivity contribution >= 4 is 29.5 Å². The van der Waals surface area contributed by atoms with Gasteiger partial charge in [0, 0.05) is 25.5 Å². The number of ether oxygens (including phenoxy) is 1. The number of rotatable bonds is 12. The Labute approximate surface area is 230 Å². The van der Waals surface area contributed by atoms with Gasteiger partial charge in [-0.2, -0.15) is 5.21 Å². The SMILES string of the molecule is O=C(CC1CC1)N[C@@H](CCC(=O)OCc1ccccc1)C(=O)N1c2ncccc2C[C@H]1C(=O)NCc1nn[nH]n1. The Morgan fingerprint density at radius 1 is 1.10 bits per heavy atom. The van der Waals surface area contributed by atoms with Crippen LogP contribution in [-0.2, 0) is 43.5 Å². The molecule has 40 heavy (non-hydrogen) atoms. The lowest BCUT2D eigenvalue weighted by Gasteiger charge is -2.28. The number of aromatic amines is 1. The summed E-state index contributed by atoms with van der Waals surface area (Å²) < 4.78 is 5.37. The number of nitrogens with zero attached hydrogens (tertiary/aromatic N) is 5. The van der Waals surface area contributed by atoms with Gasteiger partial charge in [0.2, 0.25) is 11.8 Å². The Morgan fingerprint density at radius 3 is 2.67 bits per heavy atom. The Bertz CT molecular complexity index is 1350. The average molecular weight is 547 g/mol. The molecule has 1 aliphatic carbocycles. The second kappa shape index (κ2) is 12.5. The van der Waals surface area contributed by atoms with Gasteiger partial charge in [-0.25, -0.2) is 4.98 Å². The maximum absolute atomic E-state index is 14.0. The largest absolute Gasteiger partial charge is 0.461 e. The van der Waals surface area contributed by atoms with Gasteiger partial charge in [0.25, 0.3) is 5.91 Å². The smallest absolute Gasteiger partial charge is 0.306 e. The van der Waals surface area contributed by atoms with Gasteiger partial charge >= 0.3 is 5.97 Å². The minimum atomic E-state index is -1.05. The number of hydrogen-bond acceptors (Lipinski definition) is 9. The lowest BCUT2D eigenvalue weighted by Crippen LogP contribution is -2.55. The molecule has 1 aromatic carbocycles. The van der Waals surface area contributed by atoms with Gasteiger partial charge in [-0.1, -0.05) is 41.6 Å². The van der Waals surface area contributed by atoms with Crippen molar-refractivity contribution in [2.45, 2.75) is 63.8 Å². The van der Waals surface area contributed by atoms with E-state index >= 15 is 0 Å². The van der Waals surface area contributed by atoms with Gasteiger partial charge in [-0.3, -0.25) is 24.1 Å². The molecule has 2 atom stereocenters. The summed E-state index contributed by atoms with van der Waals surface area (Å²) in [6, 6.07) is 10.9. The molecule has 1 aliphatic heterocycles. The minimum absolute atomic E-state index is 0.0126. The van der Waals surface area contributed by atoms with Gasteiger partial charge in [-0.05, 0) is 42.4 Å². The number of benzene rings is 1. The highest BCUT2D eigenvalue weighted by Crippen LogP contribution is 2.33. The summed E-state index contributed by atoms with van der Waals surface area (Å²) in [5, 5.41) is 19.0. The van der Waals surface area contributed by atoms with Crippen LogP contribution in [0.5, 0.6) is 0 Å². The lowest BCUT2D eigenvalue weighted by atomic mass is 10.1. The van der Waals surface area contributed by atoms with Crippen LogP contribution in [0.3, 0.4) is 0 Å². The molecular formula is C27H30N8O5. The molecule has 3 N–H and O–H groups in total. The zero-order valence-corrected chi connectivity index (χ0v) is 21.8. The highest BCUT2D eigenvalue weighted by molar-refractivity contribution is 6.06. The quantitative estimate of drug-likeness (QED) is 0.280. The standard InChI is InChI=1S/C27H30N8O5/c36-23(13-17-8-9-17)30-20(10-11-24(37)40-16-18-5-2-1-3-6-18)27(39)35-21(14-19-7-4-12-28-25(19)35)26(38)29-15-22-31-33-34-32-22/h1-7,12,17,20-21H,8-11,13-16H2,(H,29,38)(H,30,36)(H,31,32,33,34)/t20-,21-/m0/s1. The summed E-state index contributed by atoms with van der Waals surface area (Å²) in [7, 11) is 0. The van der Waals surface area contributed by atoms with E-state index in [4.69, 9.17) is 4.74 Å². The summed E-state index contributed by atoms with van der Waals surface area (Å²) in [4.78, 5) is 58.2. The number of anilines is 1. The van der Waals surface area contributed by atoms with Crippen LogP contribution in [0, 0.1) is 5.92 Å². The van der Waals surface area contributed by atoms with Crippen LogP contribution in [0.1, 0.15) is 49.1 Å². The van der Waals surface area contributed by atoms with E-state index in [0.29, 0.717) is 24.0 Å². The first-order valence-corrected chi connectivity index (χ1v) is 13.2. The molecular weight excluding hydrogens is 516 g/mol. The van der Waals surface area contributed by atoms with Gasteiger partial charge in [0.1, 0.15) is 24.5 Å². The van der Waals surface area contributed by atoms with Crippen molar-refractivity contribution in [2.75, 3.05) is 4.90 Å². The number of pyridine rings is 1. The van der Waals surface area contributed by atoms with E-state index in [1.54, 1.807) is 18.3 Å². The number of H-pyrrole nitrogens is 1. The number of esters is 1. The molecule has 1 saturated carbocycles. The predicted molar refractivity (Wildman–Crippen MR) is 140 cm³/mol. The molecule has 13 heteroatoms. The van der Waals surface area contributed by atoms with Crippen molar-refractivity contribution in [1.29, 1.82) is 0 Å². The molecule has 208 valence electrons. The fourth-order valence-corrected chi connectivity index (χ4v) is 4.60. The number of carbonyl (C=O) groups is 4. The first-order chi connectivity index (χ1) is 19.5. The summed E-state index contributed by atoms with van der Waals surface area (Å²) >= 11 is 0. The van der Waals surface area contributed by atoms with Crippen molar-refractivity contribution in [3.63, 3.8) is 0 Å². The number of carbonyl (C=O) groups excluding carboxylic acids is 4. The highest BCUT2D eigenvalue weighted by atomic mass is 16.5. The number of fused-ring (bicyclic) bond motifs is 1. The molecule has 0 radical (unpaired) electrons. The Morgan fingerprint density at radius 2 is 1.93 bits per heavy atom. The van der Waals surface area contributed by atoms with Crippen LogP contribution in [0.2, 0.25) is 0 Å². The van der Waals surface area contributed by atoms with Crippen molar-refractivity contribution < 1.29 is 23.9 Å². The molecule has 3 aromatic rings. The van der Waals surface area contributed by atoms with Crippen LogP contribution in [0.25, 0.3) is 0 Å². The van der Waals surface area contributed by atoms with E-state index in [1.807, 2.05) is 30.3 Å². The number of amides is 3. The maximum Gasteiger partial charge on any atom is 0.306 e. The van der Waals surface area contributed by atoms with Gasteiger partial charge < -0.3 is 15.4 Å². The van der Waals surface area contributed by atoms with E-state index in [-0.39, 0.29) is 38.3 Å². The molecule has 2 aliphatic rings. The van der Waals surface area contributed by atoms with Crippen molar-refractivity contribution in [2.24, 2.45) is 5.92 Å². The molecule has 0 saturated heterocycles. The van der Waals surface area contributed by atoms with E-state index in [1.165, 1.54) is 4.90 Å². The zero-order chi connectivity index (χ0) is 27.9. The molecule has 1 fully saturated rings. The Kier molecular flexibility index (Phi) is 8.38. The van der Waals surface area contributed by atoms with Gasteiger partial charge in [0.15, 0.2) is 5.82 Å². The normalized spacial score (nSPS) is 16.6. The Hall–Kier alpha value is -4.68. The van der Waals surface area contributed by atoms with Crippen molar-refractivity contribution in [3.8, 4) is 0 Å². The lowest BCUT2D eigenvalue weighted by molar-refractivity contribution is -0.145. The van der Waals surface area contributed by atoms with Gasteiger partial charge in [-0.15, -0.1) is 10.2 Å². The monoisotopic (exact) mass is 546 g/mol. The molecule has 3 heterocycles. The third kappa shape index (κ3) is 6.84. The molecule has 2 aromatic heterocycles. The number of aromatic nitrogens is 5. The van der Waals surface area contributed by atoms with E-state index < -0.39 is 29.9 Å². The second-order valence-electron chi connectivity index (χ2n) is 9.91. The fraction of sp³-hybridized carbons (Fsp3) is 0.407. The zero-order valence-electron chi connectivity index (χ0n) is 21.8. The molecule has 0 spiro atoms. The summed E-state index contributed by atoms with van der Waals surface area (Å²) in [5.74, 6) is -0.757. The molecule has 13 nitrogen and oxygen atoms in total. The van der Waals surface area contributed by atoms with E-state index in [0.717, 1.165) is 24.0 Å². The van der Waals surface area contributed by atoms with Crippen LogP contribution in [0.4, 0.5) is 5.82 Å². The first-order valence-electron chi connectivity index (χ1n) is 13.2. The maximum atomic E-state index is 14.0. The van der Waals surface area contributed by atoms with Gasteiger partial charge in [0.05, 0.1) is 6.54 Å². The van der Waals surface area contributed by atoms with Crippen molar-refractivity contribution in [3.05, 3.63) is 65.6 Å². The second-order valence-corrected chi connectivity index (χ2v) is 9.91. The highest BCUT2D eigenvalue weighted by Gasteiger charge is 2.42. The first kappa shape index (κ1) is 26.9.